The van der Waals surface area contributed by atoms with Crippen LogP contribution in [0.3, 0.4) is 0 Å². The van der Waals surface area contributed by atoms with Crippen molar-refractivity contribution in [3.8, 4) is 5.75 Å². The lowest BCUT2D eigenvalue weighted by molar-refractivity contribution is 0.0815. The Labute approximate surface area is 166 Å². The number of amides is 1. The standard InChI is InChI=1S/C20H22F2N4O3/c1-12-3-4-14(7-17(12)29-11-18(21)22)9-26-10-15-16(25-26)5-6-23-19(15)20(28)24-8-13(2)27/h3-7,10,13,18,27H,8-9,11H2,1-2H3,(H,24,28)/t13-/m0/s1. The SMILES string of the molecule is Cc1ccc(Cn2cc3c(C(=O)NC[C@H](C)O)nccc3n2)cc1OCC(F)F. The molecule has 0 aliphatic heterocycles. The second kappa shape index (κ2) is 8.95. The maximum absolute atomic E-state index is 12.4. The maximum Gasteiger partial charge on any atom is 0.272 e. The predicted molar refractivity (Wildman–Crippen MR) is 103 cm³/mol. The van der Waals surface area contributed by atoms with Gasteiger partial charge in [0.15, 0.2) is 0 Å². The molecule has 2 aromatic heterocycles. The van der Waals surface area contributed by atoms with Gasteiger partial charge < -0.3 is 15.2 Å². The van der Waals surface area contributed by atoms with Crippen molar-refractivity contribution in [3.63, 3.8) is 0 Å². The lowest BCUT2D eigenvalue weighted by Crippen LogP contribution is -2.31. The van der Waals surface area contributed by atoms with Crippen LogP contribution in [0.5, 0.6) is 5.75 Å². The number of alkyl halides is 2. The molecule has 2 N–H and O–H groups in total. The summed E-state index contributed by atoms with van der Waals surface area (Å²) in [5.74, 6) is 0.00781. The van der Waals surface area contributed by atoms with Crippen LogP contribution in [-0.4, -0.2) is 51.5 Å². The molecular weight excluding hydrogens is 382 g/mol. The van der Waals surface area contributed by atoms with Crippen LogP contribution in [0, 0.1) is 6.92 Å². The molecule has 154 valence electrons. The molecule has 0 aliphatic rings. The van der Waals surface area contributed by atoms with E-state index in [1.165, 1.54) is 6.20 Å². The van der Waals surface area contributed by atoms with E-state index in [0.717, 1.165) is 11.1 Å². The van der Waals surface area contributed by atoms with E-state index in [4.69, 9.17) is 4.74 Å². The molecule has 29 heavy (non-hydrogen) atoms. The van der Waals surface area contributed by atoms with E-state index in [-0.39, 0.29) is 12.2 Å². The normalized spacial score (nSPS) is 12.3. The Morgan fingerprint density at radius 1 is 1.34 bits per heavy atom. The number of carbonyl (C=O) groups is 1. The number of aryl methyl sites for hydroxylation is 1. The summed E-state index contributed by atoms with van der Waals surface area (Å²) in [6, 6.07) is 7.07. The van der Waals surface area contributed by atoms with E-state index in [0.29, 0.717) is 23.2 Å². The van der Waals surface area contributed by atoms with Crippen LogP contribution in [-0.2, 0) is 6.54 Å². The predicted octanol–water partition coefficient (Wildman–Crippen LogP) is 2.54. The average molecular weight is 404 g/mol. The van der Waals surface area contributed by atoms with E-state index in [2.05, 4.69) is 15.4 Å². The highest BCUT2D eigenvalue weighted by atomic mass is 19.3. The van der Waals surface area contributed by atoms with E-state index in [1.54, 1.807) is 42.9 Å². The van der Waals surface area contributed by atoms with Crippen molar-refractivity contribution in [3.05, 3.63) is 53.5 Å². The van der Waals surface area contributed by atoms with E-state index in [1.807, 2.05) is 6.07 Å². The topological polar surface area (TPSA) is 89.3 Å². The number of aliphatic hydroxyl groups is 1. The highest BCUT2D eigenvalue weighted by Gasteiger charge is 2.15. The first-order chi connectivity index (χ1) is 13.8. The summed E-state index contributed by atoms with van der Waals surface area (Å²) in [7, 11) is 0. The number of aliphatic hydroxyl groups excluding tert-OH is 1. The first-order valence-corrected chi connectivity index (χ1v) is 9.12. The Balaban J connectivity index is 1.82. The number of halogens is 2. The van der Waals surface area contributed by atoms with Gasteiger partial charge in [-0.15, -0.1) is 0 Å². The number of nitrogens with one attached hydrogen (secondary N) is 1. The molecule has 1 aromatic carbocycles. The summed E-state index contributed by atoms with van der Waals surface area (Å²) in [6.07, 6.45) is 0.00225. The van der Waals surface area contributed by atoms with Gasteiger partial charge in [-0.2, -0.15) is 5.10 Å². The number of nitrogens with zero attached hydrogens (tertiary/aromatic N) is 3. The summed E-state index contributed by atoms with van der Waals surface area (Å²) in [6.45, 7) is 3.20. The number of ether oxygens (including phenoxy) is 1. The van der Waals surface area contributed by atoms with Gasteiger partial charge >= 0.3 is 0 Å². The van der Waals surface area contributed by atoms with Gasteiger partial charge in [0.25, 0.3) is 12.3 Å². The number of benzene rings is 1. The van der Waals surface area contributed by atoms with Crippen molar-refractivity contribution in [2.24, 2.45) is 0 Å². The minimum Gasteiger partial charge on any atom is -0.487 e. The Morgan fingerprint density at radius 3 is 2.86 bits per heavy atom. The van der Waals surface area contributed by atoms with Crippen LogP contribution in [0.15, 0.2) is 36.7 Å². The van der Waals surface area contributed by atoms with Gasteiger partial charge in [0.1, 0.15) is 18.1 Å². The summed E-state index contributed by atoms with van der Waals surface area (Å²) >= 11 is 0. The van der Waals surface area contributed by atoms with Gasteiger partial charge in [-0.1, -0.05) is 12.1 Å². The smallest absolute Gasteiger partial charge is 0.272 e. The largest absolute Gasteiger partial charge is 0.487 e. The Morgan fingerprint density at radius 2 is 2.14 bits per heavy atom. The highest BCUT2D eigenvalue weighted by Crippen LogP contribution is 2.22. The lowest BCUT2D eigenvalue weighted by atomic mass is 10.1. The fourth-order valence-corrected chi connectivity index (χ4v) is 2.82. The molecule has 0 unspecified atom stereocenters. The van der Waals surface area contributed by atoms with Crippen molar-refractivity contribution in [2.75, 3.05) is 13.2 Å². The molecule has 0 spiro atoms. The van der Waals surface area contributed by atoms with Crippen LogP contribution in [0.2, 0.25) is 0 Å². The van der Waals surface area contributed by atoms with Gasteiger partial charge in [-0.3, -0.25) is 14.5 Å². The minimum atomic E-state index is -2.54. The molecule has 0 radical (unpaired) electrons. The number of hydrogen-bond donors (Lipinski definition) is 2. The van der Waals surface area contributed by atoms with Gasteiger partial charge in [0.2, 0.25) is 0 Å². The fourth-order valence-electron chi connectivity index (χ4n) is 2.82. The molecule has 3 aromatic rings. The lowest BCUT2D eigenvalue weighted by Gasteiger charge is -2.11. The number of fused-ring (bicyclic) bond motifs is 1. The summed E-state index contributed by atoms with van der Waals surface area (Å²) in [5, 5.41) is 17.0. The van der Waals surface area contributed by atoms with Crippen LogP contribution in [0.25, 0.3) is 10.9 Å². The van der Waals surface area contributed by atoms with E-state index in [9.17, 15) is 18.7 Å². The molecule has 0 saturated carbocycles. The molecule has 0 fully saturated rings. The second-order valence-electron chi connectivity index (χ2n) is 6.78. The molecule has 1 atom stereocenters. The molecular formula is C20H22F2N4O3. The first kappa shape index (κ1) is 20.7. The molecule has 2 heterocycles. The minimum absolute atomic E-state index is 0.121. The average Bonchev–Trinajstić information content (AvgIpc) is 3.08. The van der Waals surface area contributed by atoms with Gasteiger partial charge in [0, 0.05) is 18.9 Å². The van der Waals surface area contributed by atoms with Crippen LogP contribution < -0.4 is 10.1 Å². The molecule has 9 heteroatoms. The monoisotopic (exact) mass is 404 g/mol. The number of rotatable bonds is 8. The molecule has 1 amide bonds. The second-order valence-corrected chi connectivity index (χ2v) is 6.78. The van der Waals surface area contributed by atoms with Crippen LogP contribution in [0.1, 0.15) is 28.5 Å². The van der Waals surface area contributed by atoms with Crippen molar-refractivity contribution in [1.82, 2.24) is 20.1 Å². The Bertz CT molecular complexity index is 1000. The number of hydrogen-bond acceptors (Lipinski definition) is 5. The molecule has 0 aliphatic carbocycles. The van der Waals surface area contributed by atoms with Crippen molar-refractivity contribution >= 4 is 16.8 Å². The van der Waals surface area contributed by atoms with Gasteiger partial charge in [-0.25, -0.2) is 8.78 Å². The van der Waals surface area contributed by atoms with Gasteiger partial charge in [-0.05, 0) is 37.1 Å². The van der Waals surface area contributed by atoms with E-state index >= 15 is 0 Å². The van der Waals surface area contributed by atoms with Crippen molar-refractivity contribution < 1.29 is 23.4 Å². The molecule has 0 bridgehead atoms. The van der Waals surface area contributed by atoms with Crippen molar-refractivity contribution in [2.45, 2.75) is 32.9 Å². The maximum atomic E-state index is 12.4. The quantitative estimate of drug-likeness (QED) is 0.602. The third-order valence-electron chi connectivity index (χ3n) is 4.22. The van der Waals surface area contributed by atoms with Crippen molar-refractivity contribution in [1.29, 1.82) is 0 Å². The Kier molecular flexibility index (Phi) is 6.38. The number of aromatic nitrogens is 3. The zero-order valence-corrected chi connectivity index (χ0v) is 16.1. The Hall–Kier alpha value is -3.07. The van der Waals surface area contributed by atoms with E-state index < -0.39 is 25.0 Å². The fraction of sp³-hybridized carbons (Fsp3) is 0.350. The molecule has 7 nitrogen and oxygen atoms in total. The van der Waals surface area contributed by atoms with Crippen LogP contribution >= 0.6 is 0 Å². The summed E-state index contributed by atoms with van der Waals surface area (Å²) < 4.78 is 31.7. The molecule has 3 rings (SSSR count). The zero-order chi connectivity index (χ0) is 21.0. The molecule has 0 saturated heterocycles. The summed E-state index contributed by atoms with van der Waals surface area (Å²) in [5.41, 5.74) is 2.41. The number of carbonyl (C=O) groups excluding carboxylic acids is 1. The zero-order valence-electron chi connectivity index (χ0n) is 16.1. The first-order valence-electron chi connectivity index (χ1n) is 9.12. The third kappa shape index (κ3) is 5.26. The summed E-state index contributed by atoms with van der Waals surface area (Å²) in [4.78, 5) is 16.5. The van der Waals surface area contributed by atoms with Gasteiger partial charge in [0.05, 0.1) is 23.6 Å². The van der Waals surface area contributed by atoms with Crippen LogP contribution in [0.4, 0.5) is 8.78 Å². The third-order valence-corrected chi connectivity index (χ3v) is 4.22. The number of pyridine rings is 1. The highest BCUT2D eigenvalue weighted by molar-refractivity contribution is 6.04.